The van der Waals surface area contributed by atoms with Crippen LogP contribution in [0.1, 0.15) is 55.7 Å². The van der Waals surface area contributed by atoms with Crippen molar-refractivity contribution in [2.24, 2.45) is 0 Å². The van der Waals surface area contributed by atoms with E-state index in [1.54, 1.807) is 0 Å². The van der Waals surface area contributed by atoms with Gasteiger partial charge in [-0.25, -0.2) is 0 Å². The average Bonchev–Trinajstić information content (AvgIpc) is 3.47. The quantitative estimate of drug-likeness (QED) is 0.539. The lowest BCUT2D eigenvalue weighted by atomic mass is 10.0. The van der Waals surface area contributed by atoms with Crippen molar-refractivity contribution >= 4 is 17.5 Å². The summed E-state index contributed by atoms with van der Waals surface area (Å²) in [5.41, 5.74) is 2.20. The van der Waals surface area contributed by atoms with Gasteiger partial charge in [0, 0.05) is 49.0 Å². The van der Waals surface area contributed by atoms with Crippen molar-refractivity contribution in [2.75, 3.05) is 33.0 Å². The number of rotatable bonds is 9. The van der Waals surface area contributed by atoms with E-state index in [0.29, 0.717) is 23.7 Å². The highest BCUT2D eigenvalue weighted by molar-refractivity contribution is 6.31. The van der Waals surface area contributed by atoms with E-state index in [-0.39, 0.29) is 24.8 Å². The summed E-state index contributed by atoms with van der Waals surface area (Å²) < 4.78 is 10.9. The summed E-state index contributed by atoms with van der Waals surface area (Å²) in [5.74, 6) is 1.72. The molecule has 34 heavy (non-hydrogen) atoms. The number of carbonyl (C=O) groups excluding carboxylic acids is 1. The van der Waals surface area contributed by atoms with Gasteiger partial charge in [0.2, 0.25) is 12.7 Å². The lowest BCUT2D eigenvalue weighted by Gasteiger charge is -2.38. The van der Waals surface area contributed by atoms with E-state index in [1.165, 1.54) is 24.8 Å². The molecule has 4 heterocycles. The number of benzene rings is 1. The van der Waals surface area contributed by atoms with Crippen LogP contribution in [0.2, 0.25) is 5.02 Å². The molecule has 1 amide bonds. The fourth-order valence-electron chi connectivity index (χ4n) is 5.35. The van der Waals surface area contributed by atoms with Crippen LogP contribution in [0.15, 0.2) is 36.7 Å². The van der Waals surface area contributed by atoms with Gasteiger partial charge in [0.1, 0.15) is 0 Å². The van der Waals surface area contributed by atoms with E-state index in [2.05, 4.69) is 26.2 Å². The lowest BCUT2D eigenvalue weighted by molar-refractivity contribution is -0.130. The number of likely N-dealkylation sites (tertiary alicyclic amines) is 2. The minimum absolute atomic E-state index is 0.207. The number of aromatic nitrogens is 1. The van der Waals surface area contributed by atoms with Gasteiger partial charge in [-0.1, -0.05) is 24.1 Å². The first-order valence-corrected chi connectivity index (χ1v) is 12.8. The summed E-state index contributed by atoms with van der Waals surface area (Å²) in [7, 11) is 0. The van der Waals surface area contributed by atoms with E-state index < -0.39 is 0 Å². The first-order valence-electron chi connectivity index (χ1n) is 12.4. The summed E-state index contributed by atoms with van der Waals surface area (Å²) in [4.78, 5) is 21.9. The SMILES string of the molecule is O=C1CC[C@H](CCNCc2cc3c(cc2Cl)OCO3)N1C[C@@H](c1cccnc1)N1CCCCC1. The largest absolute Gasteiger partial charge is 0.454 e. The van der Waals surface area contributed by atoms with Crippen LogP contribution < -0.4 is 14.8 Å². The minimum atomic E-state index is 0.207. The fourth-order valence-corrected chi connectivity index (χ4v) is 5.57. The molecule has 1 aromatic heterocycles. The molecular weight excluding hydrogens is 452 g/mol. The van der Waals surface area contributed by atoms with Crippen LogP contribution >= 0.6 is 11.6 Å². The van der Waals surface area contributed by atoms with Gasteiger partial charge in [-0.15, -0.1) is 0 Å². The van der Waals surface area contributed by atoms with Crippen LogP contribution in [0.4, 0.5) is 0 Å². The number of carbonyl (C=O) groups is 1. The molecule has 1 aromatic carbocycles. The van der Waals surface area contributed by atoms with Crippen molar-refractivity contribution in [1.82, 2.24) is 20.1 Å². The maximum Gasteiger partial charge on any atom is 0.231 e. The Morgan fingerprint density at radius 3 is 2.79 bits per heavy atom. The van der Waals surface area contributed by atoms with Gasteiger partial charge in [0.15, 0.2) is 11.5 Å². The van der Waals surface area contributed by atoms with Gasteiger partial charge in [-0.2, -0.15) is 0 Å². The van der Waals surface area contributed by atoms with Gasteiger partial charge in [0.25, 0.3) is 0 Å². The molecular formula is C26H33ClN4O3. The Balaban J connectivity index is 1.19. The minimum Gasteiger partial charge on any atom is -0.454 e. The van der Waals surface area contributed by atoms with Crippen LogP contribution in [-0.2, 0) is 11.3 Å². The van der Waals surface area contributed by atoms with Crippen molar-refractivity contribution in [3.8, 4) is 11.5 Å². The van der Waals surface area contributed by atoms with Crippen molar-refractivity contribution in [2.45, 2.75) is 57.2 Å². The van der Waals surface area contributed by atoms with Crippen molar-refractivity contribution in [3.05, 3.63) is 52.8 Å². The molecule has 8 heteroatoms. The van der Waals surface area contributed by atoms with Crippen LogP contribution in [0.5, 0.6) is 11.5 Å². The van der Waals surface area contributed by atoms with Crippen molar-refractivity contribution < 1.29 is 14.3 Å². The Kier molecular flexibility index (Phi) is 7.52. The number of nitrogens with one attached hydrogen (secondary N) is 1. The molecule has 0 spiro atoms. The van der Waals surface area contributed by atoms with E-state index in [9.17, 15) is 4.79 Å². The zero-order valence-electron chi connectivity index (χ0n) is 19.5. The van der Waals surface area contributed by atoms with Gasteiger partial charge in [-0.3, -0.25) is 14.7 Å². The number of ether oxygens (including phenoxy) is 2. The molecule has 2 saturated heterocycles. The lowest BCUT2D eigenvalue weighted by Crippen LogP contribution is -2.44. The van der Waals surface area contributed by atoms with Crippen LogP contribution in [0.25, 0.3) is 0 Å². The van der Waals surface area contributed by atoms with Crippen LogP contribution in [0.3, 0.4) is 0 Å². The molecule has 3 aliphatic rings. The molecule has 0 saturated carbocycles. The Morgan fingerprint density at radius 1 is 1.18 bits per heavy atom. The summed E-state index contributed by atoms with van der Waals surface area (Å²) in [6, 6.07) is 8.38. The monoisotopic (exact) mass is 484 g/mol. The number of halogens is 1. The fraction of sp³-hybridized carbons (Fsp3) is 0.538. The van der Waals surface area contributed by atoms with Gasteiger partial charge in [0.05, 0.1) is 6.04 Å². The van der Waals surface area contributed by atoms with Gasteiger partial charge >= 0.3 is 0 Å². The Morgan fingerprint density at radius 2 is 2.00 bits per heavy atom. The van der Waals surface area contributed by atoms with Gasteiger partial charge in [-0.05, 0) is 68.6 Å². The molecule has 2 aromatic rings. The number of hydrogen-bond acceptors (Lipinski definition) is 6. The molecule has 2 fully saturated rings. The number of nitrogens with zero attached hydrogens (tertiary/aromatic N) is 3. The molecule has 0 bridgehead atoms. The predicted octanol–water partition coefficient (Wildman–Crippen LogP) is 4.16. The van der Waals surface area contributed by atoms with E-state index in [0.717, 1.165) is 50.3 Å². The van der Waals surface area contributed by atoms with E-state index in [4.69, 9.17) is 21.1 Å². The summed E-state index contributed by atoms with van der Waals surface area (Å²) in [5, 5.41) is 4.18. The smallest absolute Gasteiger partial charge is 0.231 e. The summed E-state index contributed by atoms with van der Waals surface area (Å²) in [6.07, 6.45) is 10.0. The number of hydrogen-bond donors (Lipinski definition) is 1. The molecule has 2 atom stereocenters. The second-order valence-electron chi connectivity index (χ2n) is 9.40. The third kappa shape index (κ3) is 5.32. The molecule has 0 unspecified atom stereocenters. The van der Waals surface area contributed by atoms with Crippen LogP contribution in [-0.4, -0.2) is 59.7 Å². The highest BCUT2D eigenvalue weighted by atomic mass is 35.5. The topological polar surface area (TPSA) is 66.9 Å². The second-order valence-corrected chi connectivity index (χ2v) is 9.81. The number of amides is 1. The zero-order valence-corrected chi connectivity index (χ0v) is 20.3. The third-order valence-electron chi connectivity index (χ3n) is 7.23. The van der Waals surface area contributed by atoms with E-state index >= 15 is 0 Å². The highest BCUT2D eigenvalue weighted by Crippen LogP contribution is 2.37. The number of fused-ring (bicyclic) bond motifs is 1. The van der Waals surface area contributed by atoms with Crippen LogP contribution in [0, 0.1) is 0 Å². The van der Waals surface area contributed by atoms with Crippen molar-refractivity contribution in [3.63, 3.8) is 0 Å². The maximum absolute atomic E-state index is 12.9. The molecule has 182 valence electrons. The Labute approximate surface area is 206 Å². The standard InChI is InChI=1S/C26H33ClN4O3/c27-22-14-25-24(33-18-34-25)13-20(22)16-29-10-8-21-6-7-26(32)31(21)17-23(19-5-4-9-28-15-19)30-11-2-1-3-12-30/h4-5,9,13-15,21,23,29H,1-3,6-8,10-12,16-18H2/t21-,23+/m1/s1. The second kappa shape index (κ2) is 10.9. The third-order valence-corrected chi connectivity index (χ3v) is 7.59. The first kappa shape index (κ1) is 23.4. The zero-order chi connectivity index (χ0) is 23.3. The normalized spacial score (nSPS) is 21.3. The predicted molar refractivity (Wildman–Crippen MR) is 131 cm³/mol. The molecule has 0 radical (unpaired) electrons. The maximum atomic E-state index is 12.9. The molecule has 7 nitrogen and oxygen atoms in total. The number of pyridine rings is 1. The molecule has 1 N–H and O–H groups in total. The van der Waals surface area contributed by atoms with Crippen molar-refractivity contribution in [1.29, 1.82) is 0 Å². The van der Waals surface area contributed by atoms with Gasteiger partial charge < -0.3 is 19.7 Å². The van der Waals surface area contributed by atoms with E-state index in [1.807, 2.05) is 30.6 Å². The summed E-state index contributed by atoms with van der Waals surface area (Å²) in [6.45, 7) is 4.63. The Hall–Kier alpha value is -2.35. The highest BCUT2D eigenvalue weighted by Gasteiger charge is 2.34. The first-order chi connectivity index (χ1) is 16.7. The number of piperidine rings is 1. The summed E-state index contributed by atoms with van der Waals surface area (Å²) >= 11 is 6.41. The Bertz CT molecular complexity index is 984. The molecule has 0 aliphatic carbocycles. The average molecular weight is 485 g/mol. The molecule has 3 aliphatic heterocycles. The molecule has 5 rings (SSSR count).